The van der Waals surface area contributed by atoms with Crippen LogP contribution in [0.15, 0.2) is 47.4 Å². The van der Waals surface area contributed by atoms with Gasteiger partial charge in [-0.1, -0.05) is 53.8 Å². The fourth-order valence-electron chi connectivity index (χ4n) is 2.58. The van der Waals surface area contributed by atoms with Gasteiger partial charge in [-0.15, -0.1) is 0 Å². The van der Waals surface area contributed by atoms with E-state index >= 15 is 0 Å². The summed E-state index contributed by atoms with van der Waals surface area (Å²) >= 11 is 12.5. The average molecular weight is 450 g/mol. The van der Waals surface area contributed by atoms with Crippen LogP contribution in [0, 0.1) is 0 Å². The predicted molar refractivity (Wildman–Crippen MR) is 121 cm³/mol. The van der Waals surface area contributed by atoms with Crippen LogP contribution in [0.4, 0.5) is 0 Å². The number of ether oxygens (including phenoxy) is 3. The van der Waals surface area contributed by atoms with Crippen molar-refractivity contribution in [1.29, 1.82) is 0 Å². The Morgan fingerprint density at radius 1 is 1.10 bits per heavy atom. The molecule has 1 amide bonds. The molecule has 152 valence electrons. The van der Waals surface area contributed by atoms with E-state index in [2.05, 4.69) is 0 Å². The van der Waals surface area contributed by atoms with Gasteiger partial charge in [-0.2, -0.15) is 0 Å². The first-order chi connectivity index (χ1) is 14.0. The number of para-hydroxylation sites is 1. The van der Waals surface area contributed by atoms with Crippen LogP contribution in [0.5, 0.6) is 17.2 Å². The molecule has 0 aromatic heterocycles. The Balaban J connectivity index is 1.56. The summed E-state index contributed by atoms with van der Waals surface area (Å²) in [5.41, 5.74) is 0.838. The van der Waals surface area contributed by atoms with E-state index in [4.69, 9.17) is 38.0 Å². The van der Waals surface area contributed by atoms with E-state index in [-0.39, 0.29) is 5.91 Å². The van der Waals surface area contributed by atoms with Crippen LogP contribution in [0.2, 0.25) is 5.02 Å². The lowest BCUT2D eigenvalue weighted by Gasteiger charge is -2.12. The number of halogens is 1. The van der Waals surface area contributed by atoms with Crippen molar-refractivity contribution in [3.63, 3.8) is 0 Å². The van der Waals surface area contributed by atoms with Gasteiger partial charge in [0.25, 0.3) is 5.91 Å². The smallest absolute Gasteiger partial charge is 0.265 e. The Kier molecular flexibility index (Phi) is 7.41. The summed E-state index contributed by atoms with van der Waals surface area (Å²) in [5, 5.41) is 0.589. The Morgan fingerprint density at radius 2 is 1.83 bits per heavy atom. The van der Waals surface area contributed by atoms with Gasteiger partial charge in [-0.05, 0) is 35.9 Å². The van der Waals surface area contributed by atoms with Gasteiger partial charge in [0.2, 0.25) is 0 Å². The molecule has 1 fully saturated rings. The number of rotatable bonds is 8. The zero-order valence-corrected chi connectivity index (χ0v) is 18.4. The van der Waals surface area contributed by atoms with Crippen molar-refractivity contribution in [1.82, 2.24) is 4.90 Å². The minimum absolute atomic E-state index is 0.0992. The maximum Gasteiger partial charge on any atom is 0.265 e. The van der Waals surface area contributed by atoms with Gasteiger partial charge in [0.05, 0.1) is 30.3 Å². The summed E-state index contributed by atoms with van der Waals surface area (Å²) in [6.07, 6.45) is 2.49. The van der Waals surface area contributed by atoms with Crippen molar-refractivity contribution in [2.75, 3.05) is 27.4 Å². The lowest BCUT2D eigenvalue weighted by Crippen LogP contribution is -2.22. The fourth-order valence-corrected chi connectivity index (χ4v) is 3.94. The summed E-state index contributed by atoms with van der Waals surface area (Å²) < 4.78 is 17.4. The van der Waals surface area contributed by atoms with Crippen molar-refractivity contribution in [3.8, 4) is 17.2 Å². The monoisotopic (exact) mass is 449 g/mol. The highest BCUT2D eigenvalue weighted by Gasteiger charge is 2.28. The zero-order chi connectivity index (χ0) is 20.8. The SMILES string of the molecule is COc1cc(C=C2SC(=S)N(C)C2=O)ccc1OCCCOc1ccccc1Cl. The van der Waals surface area contributed by atoms with Crippen molar-refractivity contribution in [3.05, 3.63) is 58.0 Å². The highest BCUT2D eigenvalue weighted by atomic mass is 35.5. The van der Waals surface area contributed by atoms with E-state index in [0.717, 1.165) is 5.56 Å². The largest absolute Gasteiger partial charge is 0.493 e. The molecule has 0 bridgehead atoms. The molecule has 8 heteroatoms. The van der Waals surface area contributed by atoms with Gasteiger partial charge < -0.3 is 14.2 Å². The lowest BCUT2D eigenvalue weighted by molar-refractivity contribution is -0.121. The van der Waals surface area contributed by atoms with Gasteiger partial charge in [0.1, 0.15) is 10.1 Å². The quantitative estimate of drug-likeness (QED) is 0.320. The molecule has 0 radical (unpaired) electrons. The molecule has 1 aliphatic rings. The number of hydrogen-bond acceptors (Lipinski definition) is 6. The van der Waals surface area contributed by atoms with Crippen molar-refractivity contribution >= 4 is 51.9 Å². The van der Waals surface area contributed by atoms with Gasteiger partial charge in [0, 0.05) is 13.5 Å². The molecule has 0 unspecified atom stereocenters. The number of methoxy groups -OCH3 is 1. The van der Waals surface area contributed by atoms with Crippen LogP contribution in [-0.4, -0.2) is 42.5 Å². The summed E-state index contributed by atoms with van der Waals surface area (Å²) in [6, 6.07) is 12.9. The van der Waals surface area contributed by atoms with Crippen LogP contribution < -0.4 is 14.2 Å². The third kappa shape index (κ3) is 5.44. The molecule has 2 aromatic rings. The van der Waals surface area contributed by atoms with Crippen LogP contribution in [-0.2, 0) is 4.79 Å². The molecular formula is C21H20ClNO4S2. The van der Waals surface area contributed by atoms with E-state index in [1.54, 1.807) is 26.3 Å². The Morgan fingerprint density at radius 3 is 2.48 bits per heavy atom. The fraction of sp³-hybridized carbons (Fsp3) is 0.238. The normalized spacial score (nSPS) is 15.1. The predicted octanol–water partition coefficient (Wildman–Crippen LogP) is 5.03. The maximum atomic E-state index is 12.1. The Hall–Kier alpha value is -2.22. The number of nitrogens with zero attached hydrogens (tertiary/aromatic N) is 1. The maximum absolute atomic E-state index is 12.1. The van der Waals surface area contributed by atoms with Gasteiger partial charge in [0.15, 0.2) is 11.5 Å². The third-order valence-corrected chi connectivity index (χ3v) is 5.91. The van der Waals surface area contributed by atoms with Crippen molar-refractivity contribution in [2.24, 2.45) is 0 Å². The number of carbonyl (C=O) groups is 1. The van der Waals surface area contributed by atoms with E-state index in [0.29, 0.717) is 51.1 Å². The molecule has 0 saturated carbocycles. The Bertz CT molecular complexity index is 948. The molecular weight excluding hydrogens is 430 g/mol. The standard InChI is InChI=1S/C21H20ClNO4S2/c1-23-20(24)19(29-21(23)28)13-14-8-9-17(18(12-14)25-2)27-11-5-10-26-16-7-4-3-6-15(16)22/h3-4,6-9,12-13H,5,10-11H2,1-2H3. The highest BCUT2D eigenvalue weighted by molar-refractivity contribution is 8.26. The molecule has 1 saturated heterocycles. The van der Waals surface area contributed by atoms with Gasteiger partial charge >= 0.3 is 0 Å². The van der Waals surface area contributed by atoms with E-state index in [9.17, 15) is 4.79 Å². The van der Waals surface area contributed by atoms with Crippen LogP contribution in [0.25, 0.3) is 6.08 Å². The second-order valence-electron chi connectivity index (χ2n) is 6.13. The van der Waals surface area contributed by atoms with E-state index in [1.807, 2.05) is 36.4 Å². The first kappa shape index (κ1) is 21.5. The number of hydrogen-bond donors (Lipinski definition) is 0. The van der Waals surface area contributed by atoms with Crippen LogP contribution >= 0.6 is 35.6 Å². The van der Waals surface area contributed by atoms with Gasteiger partial charge in [-0.25, -0.2) is 0 Å². The number of thiocarbonyl (C=S) groups is 1. The Labute approximate surface area is 184 Å². The summed E-state index contributed by atoms with van der Waals surface area (Å²) in [5.74, 6) is 1.79. The summed E-state index contributed by atoms with van der Waals surface area (Å²) in [6.45, 7) is 0.956. The molecule has 1 aliphatic heterocycles. The topological polar surface area (TPSA) is 48.0 Å². The molecule has 0 spiro atoms. The van der Waals surface area contributed by atoms with Crippen LogP contribution in [0.3, 0.4) is 0 Å². The third-order valence-electron chi connectivity index (χ3n) is 4.11. The van der Waals surface area contributed by atoms with Crippen molar-refractivity contribution < 1.29 is 19.0 Å². The second kappa shape index (κ2) is 10.0. The molecule has 1 heterocycles. The first-order valence-corrected chi connectivity index (χ1v) is 10.5. The molecule has 0 aliphatic carbocycles. The molecule has 0 atom stereocenters. The number of likely N-dealkylation sites (N-methyl/N-ethyl adjacent to an activating group) is 1. The first-order valence-electron chi connectivity index (χ1n) is 8.89. The van der Waals surface area contributed by atoms with E-state index < -0.39 is 0 Å². The van der Waals surface area contributed by atoms with Gasteiger partial charge in [-0.3, -0.25) is 9.69 Å². The summed E-state index contributed by atoms with van der Waals surface area (Å²) in [4.78, 5) is 14.2. The number of carbonyl (C=O) groups excluding carboxylic acids is 1. The minimum atomic E-state index is -0.0992. The summed E-state index contributed by atoms with van der Waals surface area (Å²) in [7, 11) is 3.25. The van der Waals surface area contributed by atoms with Crippen molar-refractivity contribution in [2.45, 2.75) is 6.42 Å². The van der Waals surface area contributed by atoms with E-state index in [1.165, 1.54) is 16.7 Å². The minimum Gasteiger partial charge on any atom is -0.493 e. The lowest BCUT2D eigenvalue weighted by atomic mass is 10.2. The molecule has 0 N–H and O–H groups in total. The molecule has 29 heavy (non-hydrogen) atoms. The number of benzene rings is 2. The molecule has 2 aromatic carbocycles. The zero-order valence-electron chi connectivity index (χ0n) is 16.0. The average Bonchev–Trinajstić information content (AvgIpc) is 2.96. The number of thioether (sulfide) groups is 1. The number of amides is 1. The molecule has 5 nitrogen and oxygen atoms in total. The molecule has 3 rings (SSSR count). The second-order valence-corrected chi connectivity index (χ2v) is 8.21. The van der Waals surface area contributed by atoms with Crippen LogP contribution in [0.1, 0.15) is 12.0 Å². The highest BCUT2D eigenvalue weighted by Crippen LogP contribution is 2.34.